The third-order valence-electron chi connectivity index (χ3n) is 3.66. The van der Waals surface area contributed by atoms with Crippen molar-refractivity contribution in [3.05, 3.63) is 65.3 Å². The minimum absolute atomic E-state index is 0.439. The molecule has 0 unspecified atom stereocenters. The number of aromatic nitrogens is 3. The minimum Gasteiger partial charge on any atom is -0.497 e. The molecule has 27 heavy (non-hydrogen) atoms. The lowest BCUT2D eigenvalue weighted by Gasteiger charge is -2.09. The minimum atomic E-state index is 0.439. The van der Waals surface area contributed by atoms with Crippen LogP contribution in [0.4, 0.5) is 11.8 Å². The maximum atomic E-state index is 5.89. The molecular formula is C19H20ClN5O2. The van der Waals surface area contributed by atoms with E-state index in [1.807, 2.05) is 48.5 Å². The zero-order valence-corrected chi connectivity index (χ0v) is 15.6. The predicted octanol–water partition coefficient (Wildman–Crippen LogP) is 3.64. The normalized spacial score (nSPS) is 10.3. The molecular weight excluding hydrogens is 366 g/mol. The molecule has 0 saturated carbocycles. The summed E-state index contributed by atoms with van der Waals surface area (Å²) in [6.45, 7) is 1.64. The van der Waals surface area contributed by atoms with Crippen molar-refractivity contribution in [1.82, 2.24) is 15.2 Å². The highest BCUT2D eigenvalue weighted by atomic mass is 35.5. The molecule has 8 heteroatoms. The molecule has 0 radical (unpaired) electrons. The molecule has 0 bridgehead atoms. The SMILES string of the molecule is COc1ccc(OCCNc2nncc(NCc3ccc(Cl)cc3)n2)cc1. The number of nitrogens with zero attached hydrogens (tertiary/aromatic N) is 3. The van der Waals surface area contributed by atoms with Crippen molar-refractivity contribution in [3.63, 3.8) is 0 Å². The van der Waals surface area contributed by atoms with E-state index < -0.39 is 0 Å². The lowest BCUT2D eigenvalue weighted by molar-refractivity contribution is 0.331. The standard InChI is InChI=1S/C19H20ClN5O2/c1-26-16-6-8-17(9-7-16)27-11-10-21-19-24-18(13-23-25-19)22-12-14-2-4-15(20)5-3-14/h2-9,13H,10-12H2,1H3,(H2,21,22,24,25). The fourth-order valence-electron chi connectivity index (χ4n) is 2.26. The maximum absolute atomic E-state index is 5.89. The summed E-state index contributed by atoms with van der Waals surface area (Å²) in [4.78, 5) is 4.38. The van der Waals surface area contributed by atoms with Crippen molar-refractivity contribution in [1.29, 1.82) is 0 Å². The molecule has 0 fully saturated rings. The summed E-state index contributed by atoms with van der Waals surface area (Å²) in [5.74, 6) is 2.64. The quantitative estimate of drug-likeness (QED) is 0.544. The van der Waals surface area contributed by atoms with Gasteiger partial charge in [0.25, 0.3) is 0 Å². The first-order valence-electron chi connectivity index (χ1n) is 8.42. The number of ether oxygens (including phenoxy) is 2. The number of anilines is 2. The first-order valence-corrected chi connectivity index (χ1v) is 8.79. The van der Waals surface area contributed by atoms with Gasteiger partial charge in [0.2, 0.25) is 5.95 Å². The summed E-state index contributed by atoms with van der Waals surface area (Å²) in [6, 6.07) is 15.0. The fraction of sp³-hybridized carbons (Fsp3) is 0.211. The first kappa shape index (κ1) is 18.7. The van der Waals surface area contributed by atoms with Crippen LogP contribution < -0.4 is 20.1 Å². The molecule has 0 amide bonds. The molecule has 0 aliphatic rings. The van der Waals surface area contributed by atoms with Crippen molar-refractivity contribution < 1.29 is 9.47 Å². The van der Waals surface area contributed by atoms with Crippen molar-refractivity contribution in [2.75, 3.05) is 30.9 Å². The number of hydrogen-bond donors (Lipinski definition) is 2. The number of benzene rings is 2. The Balaban J connectivity index is 1.43. The second-order valence-corrected chi connectivity index (χ2v) is 6.03. The summed E-state index contributed by atoms with van der Waals surface area (Å²) in [7, 11) is 1.63. The molecule has 0 atom stereocenters. The van der Waals surface area contributed by atoms with Gasteiger partial charge in [-0.05, 0) is 42.0 Å². The second-order valence-electron chi connectivity index (χ2n) is 5.60. The van der Waals surface area contributed by atoms with E-state index in [-0.39, 0.29) is 0 Å². The van der Waals surface area contributed by atoms with Crippen LogP contribution in [0.25, 0.3) is 0 Å². The van der Waals surface area contributed by atoms with Gasteiger partial charge in [-0.2, -0.15) is 10.1 Å². The zero-order chi connectivity index (χ0) is 18.9. The Hall–Kier alpha value is -3.06. The Morgan fingerprint density at radius 1 is 0.963 bits per heavy atom. The summed E-state index contributed by atoms with van der Waals surface area (Å²) >= 11 is 5.89. The molecule has 1 aromatic heterocycles. The van der Waals surface area contributed by atoms with Gasteiger partial charge in [0.05, 0.1) is 19.9 Å². The monoisotopic (exact) mass is 385 g/mol. The van der Waals surface area contributed by atoms with Crippen LogP contribution in [0.5, 0.6) is 11.5 Å². The van der Waals surface area contributed by atoms with E-state index in [0.29, 0.717) is 36.5 Å². The number of methoxy groups -OCH3 is 1. The van der Waals surface area contributed by atoms with Crippen LogP contribution in [0, 0.1) is 0 Å². The molecule has 7 nitrogen and oxygen atoms in total. The second kappa shape index (κ2) is 9.59. The first-order chi connectivity index (χ1) is 13.2. The largest absolute Gasteiger partial charge is 0.497 e. The Kier molecular flexibility index (Phi) is 6.65. The summed E-state index contributed by atoms with van der Waals surface area (Å²) in [5.41, 5.74) is 1.10. The van der Waals surface area contributed by atoms with E-state index in [9.17, 15) is 0 Å². The van der Waals surface area contributed by atoms with E-state index >= 15 is 0 Å². The van der Waals surface area contributed by atoms with Crippen LogP contribution in [0.1, 0.15) is 5.56 Å². The van der Waals surface area contributed by atoms with Gasteiger partial charge in [-0.15, -0.1) is 5.10 Å². The van der Waals surface area contributed by atoms with Gasteiger partial charge < -0.3 is 20.1 Å². The molecule has 140 valence electrons. The molecule has 0 spiro atoms. The van der Waals surface area contributed by atoms with Crippen LogP contribution >= 0.6 is 11.6 Å². The smallest absolute Gasteiger partial charge is 0.244 e. The summed E-state index contributed by atoms with van der Waals surface area (Å²) in [6.07, 6.45) is 1.58. The van der Waals surface area contributed by atoms with Crippen molar-refractivity contribution in [2.24, 2.45) is 0 Å². The molecule has 2 aromatic carbocycles. The molecule has 3 rings (SSSR count). The van der Waals surface area contributed by atoms with Gasteiger partial charge in [-0.3, -0.25) is 0 Å². The van der Waals surface area contributed by atoms with Gasteiger partial charge >= 0.3 is 0 Å². The van der Waals surface area contributed by atoms with Crippen LogP contribution in [-0.4, -0.2) is 35.4 Å². The van der Waals surface area contributed by atoms with Crippen molar-refractivity contribution >= 4 is 23.4 Å². The molecule has 2 N–H and O–H groups in total. The lowest BCUT2D eigenvalue weighted by atomic mass is 10.2. The molecule has 0 aliphatic heterocycles. The predicted molar refractivity (Wildman–Crippen MR) is 106 cm³/mol. The molecule has 0 aliphatic carbocycles. The van der Waals surface area contributed by atoms with E-state index in [0.717, 1.165) is 17.1 Å². The molecule has 0 saturated heterocycles. The maximum Gasteiger partial charge on any atom is 0.244 e. The van der Waals surface area contributed by atoms with Crippen LogP contribution in [-0.2, 0) is 6.54 Å². The zero-order valence-electron chi connectivity index (χ0n) is 14.9. The van der Waals surface area contributed by atoms with E-state index in [1.54, 1.807) is 13.3 Å². The van der Waals surface area contributed by atoms with Gasteiger partial charge in [0.1, 0.15) is 18.1 Å². The third kappa shape index (κ3) is 6.00. The van der Waals surface area contributed by atoms with E-state index in [2.05, 4.69) is 25.8 Å². The number of rotatable bonds is 9. The topological polar surface area (TPSA) is 81.2 Å². The average Bonchev–Trinajstić information content (AvgIpc) is 2.71. The number of halogens is 1. The van der Waals surface area contributed by atoms with Crippen LogP contribution in [0.3, 0.4) is 0 Å². The molecule has 1 heterocycles. The molecule has 3 aromatic rings. The van der Waals surface area contributed by atoms with Gasteiger partial charge in [-0.1, -0.05) is 23.7 Å². The van der Waals surface area contributed by atoms with Gasteiger partial charge in [-0.25, -0.2) is 0 Å². The van der Waals surface area contributed by atoms with Crippen LogP contribution in [0.2, 0.25) is 5.02 Å². The Labute approximate surface area is 162 Å². The van der Waals surface area contributed by atoms with Crippen molar-refractivity contribution in [2.45, 2.75) is 6.54 Å². The van der Waals surface area contributed by atoms with E-state index in [1.165, 1.54) is 0 Å². The van der Waals surface area contributed by atoms with Gasteiger partial charge in [0.15, 0.2) is 5.82 Å². The summed E-state index contributed by atoms with van der Waals surface area (Å²) < 4.78 is 10.8. The highest BCUT2D eigenvalue weighted by molar-refractivity contribution is 6.30. The van der Waals surface area contributed by atoms with E-state index in [4.69, 9.17) is 21.1 Å². The van der Waals surface area contributed by atoms with Crippen molar-refractivity contribution in [3.8, 4) is 11.5 Å². The third-order valence-corrected chi connectivity index (χ3v) is 3.91. The summed E-state index contributed by atoms with van der Waals surface area (Å²) in [5, 5.41) is 14.9. The fourth-order valence-corrected chi connectivity index (χ4v) is 2.39. The lowest BCUT2D eigenvalue weighted by Crippen LogP contribution is -2.14. The highest BCUT2D eigenvalue weighted by Gasteiger charge is 2.01. The number of nitrogens with one attached hydrogen (secondary N) is 2. The Bertz CT molecular complexity index is 843. The average molecular weight is 386 g/mol. The van der Waals surface area contributed by atoms with Crippen LogP contribution in [0.15, 0.2) is 54.7 Å². The number of hydrogen-bond acceptors (Lipinski definition) is 7. The highest BCUT2D eigenvalue weighted by Crippen LogP contribution is 2.17. The van der Waals surface area contributed by atoms with Gasteiger partial charge in [0, 0.05) is 11.6 Å². The Morgan fingerprint density at radius 2 is 1.70 bits per heavy atom. The Morgan fingerprint density at radius 3 is 2.44 bits per heavy atom.